The molecule has 0 atom stereocenters. The summed E-state index contributed by atoms with van der Waals surface area (Å²) in [5.74, 6) is 0.422. The molecule has 0 aliphatic carbocycles. The number of hydrogen-bond donors (Lipinski definition) is 1. The molecule has 0 bridgehead atoms. The highest BCUT2D eigenvalue weighted by molar-refractivity contribution is 7.91. The van der Waals surface area contributed by atoms with E-state index in [0.717, 1.165) is 11.3 Å². The van der Waals surface area contributed by atoms with E-state index in [0.29, 0.717) is 10.6 Å². The Morgan fingerprint density at radius 3 is 2.88 bits per heavy atom. The molecular weight excluding hydrogens is 262 g/mol. The lowest BCUT2D eigenvalue weighted by Gasteiger charge is -2.01. The van der Waals surface area contributed by atoms with Crippen LogP contribution in [0.5, 0.6) is 0 Å². The third kappa shape index (κ3) is 2.71. The first kappa shape index (κ1) is 11.8. The first-order valence-corrected chi connectivity index (χ1v) is 6.81. The molecule has 0 aromatic carbocycles. The second-order valence-electron chi connectivity index (χ2n) is 3.03. The lowest BCUT2D eigenvalue weighted by Crippen LogP contribution is -2.22. The summed E-state index contributed by atoms with van der Waals surface area (Å²) in [5, 5.41) is 12.1. The van der Waals surface area contributed by atoms with Crippen LogP contribution in [0.15, 0.2) is 33.1 Å². The van der Waals surface area contributed by atoms with Crippen molar-refractivity contribution in [2.24, 2.45) is 0 Å². The molecule has 8 heteroatoms. The molecule has 2 rings (SSSR count). The van der Waals surface area contributed by atoms with Gasteiger partial charge in [-0.15, -0.1) is 11.3 Å². The van der Waals surface area contributed by atoms with Gasteiger partial charge in [0.1, 0.15) is 15.2 Å². The highest BCUT2D eigenvalue weighted by Crippen LogP contribution is 2.20. The van der Waals surface area contributed by atoms with Crippen molar-refractivity contribution in [3.8, 4) is 6.07 Å². The number of nitriles is 1. The van der Waals surface area contributed by atoms with E-state index in [1.54, 1.807) is 6.07 Å². The highest BCUT2D eigenvalue weighted by atomic mass is 32.2. The van der Waals surface area contributed by atoms with Crippen LogP contribution in [0.4, 0.5) is 0 Å². The topological polar surface area (TPSA) is 96.0 Å². The van der Waals surface area contributed by atoms with Gasteiger partial charge in [0.2, 0.25) is 0 Å². The SMILES string of the molecule is N#Cc1ccc(S(=O)(=O)NCc2ccno2)s1. The standard InChI is InChI=1S/C9H7N3O3S2/c10-5-8-1-2-9(16-8)17(13,14)12-6-7-3-4-11-15-7/h1-4,12H,6H2. The normalized spacial score (nSPS) is 11.2. The molecular formula is C9H7N3O3S2. The Labute approximate surface area is 102 Å². The molecule has 0 spiro atoms. The van der Waals surface area contributed by atoms with Gasteiger partial charge >= 0.3 is 0 Å². The molecule has 0 saturated carbocycles. The summed E-state index contributed by atoms with van der Waals surface area (Å²) >= 11 is 0.919. The van der Waals surface area contributed by atoms with E-state index in [-0.39, 0.29) is 10.8 Å². The number of rotatable bonds is 4. The molecule has 0 aliphatic rings. The second kappa shape index (κ2) is 4.67. The maximum atomic E-state index is 11.8. The Morgan fingerprint density at radius 1 is 1.47 bits per heavy atom. The van der Waals surface area contributed by atoms with Gasteiger partial charge in [0.25, 0.3) is 10.0 Å². The summed E-state index contributed by atoms with van der Waals surface area (Å²) in [5.41, 5.74) is 0. The van der Waals surface area contributed by atoms with E-state index in [1.807, 2.05) is 6.07 Å². The van der Waals surface area contributed by atoms with Crippen LogP contribution < -0.4 is 4.72 Å². The number of thiophene rings is 1. The van der Waals surface area contributed by atoms with E-state index < -0.39 is 10.0 Å². The van der Waals surface area contributed by atoms with Crippen molar-refractivity contribution in [3.05, 3.63) is 35.0 Å². The number of sulfonamides is 1. The third-order valence-electron chi connectivity index (χ3n) is 1.88. The van der Waals surface area contributed by atoms with Crippen LogP contribution in [-0.2, 0) is 16.6 Å². The maximum absolute atomic E-state index is 11.8. The van der Waals surface area contributed by atoms with E-state index >= 15 is 0 Å². The average molecular weight is 269 g/mol. The average Bonchev–Trinajstić information content (AvgIpc) is 2.98. The molecule has 0 unspecified atom stereocenters. The molecule has 1 N–H and O–H groups in total. The number of nitrogens with one attached hydrogen (secondary N) is 1. The molecule has 6 nitrogen and oxygen atoms in total. The monoisotopic (exact) mass is 269 g/mol. The Morgan fingerprint density at radius 2 is 2.29 bits per heavy atom. The fraction of sp³-hybridized carbons (Fsp3) is 0.111. The zero-order chi connectivity index (χ0) is 12.3. The Hall–Kier alpha value is -1.69. The first-order valence-electron chi connectivity index (χ1n) is 4.51. The van der Waals surface area contributed by atoms with Gasteiger partial charge in [0.15, 0.2) is 5.76 Å². The second-order valence-corrected chi connectivity index (χ2v) is 6.11. The zero-order valence-corrected chi connectivity index (χ0v) is 10.1. The Balaban J connectivity index is 2.11. The van der Waals surface area contributed by atoms with Crippen LogP contribution in [0.3, 0.4) is 0 Å². The van der Waals surface area contributed by atoms with Gasteiger partial charge in [0, 0.05) is 6.07 Å². The van der Waals surface area contributed by atoms with Gasteiger partial charge in [-0.05, 0) is 12.1 Å². The molecule has 2 aromatic rings. The smallest absolute Gasteiger partial charge is 0.250 e. The molecule has 88 valence electrons. The van der Waals surface area contributed by atoms with Gasteiger partial charge in [-0.2, -0.15) is 5.26 Å². The number of hydrogen-bond acceptors (Lipinski definition) is 6. The molecule has 0 saturated heterocycles. The van der Waals surface area contributed by atoms with Crippen LogP contribution in [-0.4, -0.2) is 13.6 Å². The van der Waals surface area contributed by atoms with Crippen molar-refractivity contribution in [2.45, 2.75) is 10.8 Å². The van der Waals surface area contributed by atoms with E-state index in [9.17, 15) is 8.42 Å². The largest absolute Gasteiger partial charge is 0.360 e. The van der Waals surface area contributed by atoms with Gasteiger partial charge in [-0.25, -0.2) is 13.1 Å². The molecule has 0 fully saturated rings. The molecule has 2 heterocycles. The minimum Gasteiger partial charge on any atom is -0.360 e. The molecule has 0 amide bonds. The van der Waals surface area contributed by atoms with Crippen molar-refractivity contribution in [3.63, 3.8) is 0 Å². The maximum Gasteiger partial charge on any atom is 0.250 e. The fourth-order valence-corrected chi connectivity index (χ4v) is 3.24. The Kier molecular flexibility index (Phi) is 3.23. The van der Waals surface area contributed by atoms with Crippen molar-refractivity contribution in [1.82, 2.24) is 9.88 Å². The minimum atomic E-state index is -3.60. The van der Waals surface area contributed by atoms with Gasteiger partial charge in [-0.1, -0.05) is 5.16 Å². The quantitative estimate of drug-likeness (QED) is 0.896. The van der Waals surface area contributed by atoms with Crippen LogP contribution in [0, 0.1) is 11.3 Å². The van der Waals surface area contributed by atoms with Crippen LogP contribution in [0.2, 0.25) is 0 Å². The first-order chi connectivity index (χ1) is 8.12. The minimum absolute atomic E-state index is 0.0299. The van der Waals surface area contributed by atoms with Crippen molar-refractivity contribution in [2.75, 3.05) is 0 Å². The lowest BCUT2D eigenvalue weighted by molar-refractivity contribution is 0.380. The van der Waals surface area contributed by atoms with Gasteiger partial charge in [0.05, 0.1) is 12.7 Å². The summed E-state index contributed by atoms with van der Waals surface area (Å²) in [4.78, 5) is 0.352. The highest BCUT2D eigenvalue weighted by Gasteiger charge is 2.17. The summed E-state index contributed by atoms with van der Waals surface area (Å²) in [6.07, 6.45) is 1.43. The predicted octanol–water partition coefficient (Wildman–Crippen LogP) is 1.09. The third-order valence-corrected chi connectivity index (χ3v) is 4.77. The summed E-state index contributed by atoms with van der Waals surface area (Å²) in [7, 11) is -3.60. The van der Waals surface area contributed by atoms with E-state index in [4.69, 9.17) is 9.78 Å². The number of nitrogens with zero attached hydrogens (tertiary/aromatic N) is 2. The van der Waals surface area contributed by atoms with Crippen molar-refractivity contribution < 1.29 is 12.9 Å². The molecule has 17 heavy (non-hydrogen) atoms. The van der Waals surface area contributed by atoms with Crippen LogP contribution in [0.25, 0.3) is 0 Å². The lowest BCUT2D eigenvalue weighted by atomic mass is 10.5. The summed E-state index contributed by atoms with van der Waals surface area (Å²) in [6, 6.07) is 6.31. The van der Waals surface area contributed by atoms with Crippen molar-refractivity contribution >= 4 is 21.4 Å². The summed E-state index contributed by atoms with van der Waals surface area (Å²) < 4.78 is 30.8. The van der Waals surface area contributed by atoms with Gasteiger partial charge in [-0.3, -0.25) is 0 Å². The molecule has 0 aliphatic heterocycles. The van der Waals surface area contributed by atoms with E-state index in [2.05, 4.69) is 9.88 Å². The predicted molar refractivity (Wildman–Crippen MR) is 59.6 cm³/mol. The van der Waals surface area contributed by atoms with E-state index in [1.165, 1.54) is 18.3 Å². The number of aromatic nitrogens is 1. The Bertz CT molecular complexity index is 637. The molecule has 2 aromatic heterocycles. The van der Waals surface area contributed by atoms with Gasteiger partial charge < -0.3 is 4.52 Å². The fourth-order valence-electron chi connectivity index (χ4n) is 1.10. The van der Waals surface area contributed by atoms with Crippen LogP contribution >= 0.6 is 11.3 Å². The molecule has 0 radical (unpaired) electrons. The van der Waals surface area contributed by atoms with Crippen LogP contribution in [0.1, 0.15) is 10.6 Å². The van der Waals surface area contributed by atoms with Crippen molar-refractivity contribution in [1.29, 1.82) is 5.26 Å². The summed E-state index contributed by atoms with van der Waals surface area (Å²) in [6.45, 7) is 0.0299. The zero-order valence-electron chi connectivity index (χ0n) is 8.45.